The highest BCUT2D eigenvalue weighted by Gasteiger charge is 2.00. The maximum atomic E-state index is 11.4. The van der Waals surface area contributed by atoms with Crippen LogP contribution in [0.25, 0.3) is 0 Å². The molecule has 2 rings (SSSR count). The Kier molecular flexibility index (Phi) is 5.02. The van der Waals surface area contributed by atoms with E-state index in [0.29, 0.717) is 13.0 Å². The monoisotopic (exact) mass is 288 g/mol. The Balaban J connectivity index is 1.97. The van der Waals surface area contributed by atoms with Gasteiger partial charge in [0.1, 0.15) is 0 Å². The van der Waals surface area contributed by atoms with E-state index in [9.17, 15) is 4.79 Å². The molecule has 104 valence electrons. The zero-order chi connectivity index (χ0) is 14.4. The number of benzene rings is 2. The fourth-order valence-corrected chi connectivity index (χ4v) is 1.89. The van der Waals surface area contributed by atoms with E-state index in [2.05, 4.69) is 10.6 Å². The van der Waals surface area contributed by atoms with Gasteiger partial charge in [0.15, 0.2) is 0 Å². The molecule has 0 saturated heterocycles. The molecule has 2 N–H and O–H groups in total. The van der Waals surface area contributed by atoms with Gasteiger partial charge in [-0.1, -0.05) is 36.7 Å². The summed E-state index contributed by atoms with van der Waals surface area (Å²) in [5, 5.41) is 6.89. The van der Waals surface area contributed by atoms with Gasteiger partial charge in [-0.15, -0.1) is 0 Å². The molecule has 1 amide bonds. The predicted octanol–water partition coefficient (Wildman–Crippen LogP) is 4.30. The average Bonchev–Trinajstić information content (AvgIpc) is 2.47. The second-order valence-corrected chi connectivity index (χ2v) is 4.90. The van der Waals surface area contributed by atoms with Crippen molar-refractivity contribution in [2.45, 2.75) is 19.9 Å². The van der Waals surface area contributed by atoms with E-state index < -0.39 is 0 Å². The second-order valence-electron chi connectivity index (χ2n) is 4.46. The molecule has 2 aromatic rings. The highest BCUT2D eigenvalue weighted by molar-refractivity contribution is 6.30. The Bertz CT molecular complexity index is 581. The van der Waals surface area contributed by atoms with Crippen LogP contribution in [-0.2, 0) is 11.3 Å². The molecular formula is C16H17ClN2O. The topological polar surface area (TPSA) is 41.1 Å². The smallest absolute Gasteiger partial charge is 0.224 e. The quantitative estimate of drug-likeness (QED) is 0.861. The van der Waals surface area contributed by atoms with Crippen LogP contribution in [0.4, 0.5) is 11.4 Å². The van der Waals surface area contributed by atoms with Crippen LogP contribution in [0.5, 0.6) is 0 Å². The van der Waals surface area contributed by atoms with E-state index in [1.807, 2.05) is 55.5 Å². The lowest BCUT2D eigenvalue weighted by Gasteiger charge is -2.09. The Morgan fingerprint density at radius 2 is 1.80 bits per heavy atom. The first-order valence-electron chi connectivity index (χ1n) is 6.55. The zero-order valence-corrected chi connectivity index (χ0v) is 12.1. The van der Waals surface area contributed by atoms with E-state index in [-0.39, 0.29) is 5.91 Å². The number of carbonyl (C=O) groups excluding carboxylic acids is 1. The highest BCUT2D eigenvalue weighted by Crippen LogP contribution is 2.17. The molecule has 0 heterocycles. The van der Waals surface area contributed by atoms with Crippen molar-refractivity contribution in [1.29, 1.82) is 0 Å². The third kappa shape index (κ3) is 4.28. The summed E-state index contributed by atoms with van der Waals surface area (Å²) in [5.41, 5.74) is 2.92. The zero-order valence-electron chi connectivity index (χ0n) is 11.3. The van der Waals surface area contributed by atoms with Crippen molar-refractivity contribution in [3.63, 3.8) is 0 Å². The molecule has 20 heavy (non-hydrogen) atoms. The van der Waals surface area contributed by atoms with Gasteiger partial charge in [0.25, 0.3) is 0 Å². The largest absolute Gasteiger partial charge is 0.381 e. The normalized spacial score (nSPS) is 10.1. The maximum Gasteiger partial charge on any atom is 0.224 e. The van der Waals surface area contributed by atoms with Gasteiger partial charge in [0, 0.05) is 29.4 Å². The first-order valence-corrected chi connectivity index (χ1v) is 6.93. The molecule has 0 unspecified atom stereocenters. The Hall–Kier alpha value is -2.00. The van der Waals surface area contributed by atoms with E-state index in [1.54, 1.807) is 0 Å². The molecule has 0 bridgehead atoms. The standard InChI is InChI=1S/C16H17ClN2O/c1-2-16(20)19-15-5-3-4-14(10-15)18-11-12-6-8-13(17)9-7-12/h3-10,18H,2,11H2,1H3,(H,19,20). The Morgan fingerprint density at radius 1 is 1.10 bits per heavy atom. The van der Waals surface area contributed by atoms with Gasteiger partial charge in [-0.2, -0.15) is 0 Å². The van der Waals surface area contributed by atoms with Gasteiger partial charge >= 0.3 is 0 Å². The van der Waals surface area contributed by atoms with Crippen LogP contribution < -0.4 is 10.6 Å². The molecule has 4 heteroatoms. The van der Waals surface area contributed by atoms with Crippen molar-refractivity contribution in [3.05, 3.63) is 59.1 Å². The SMILES string of the molecule is CCC(=O)Nc1cccc(NCc2ccc(Cl)cc2)c1. The second kappa shape index (κ2) is 6.96. The third-order valence-electron chi connectivity index (χ3n) is 2.88. The first kappa shape index (κ1) is 14.4. The molecule has 0 atom stereocenters. The Morgan fingerprint density at radius 3 is 2.50 bits per heavy atom. The van der Waals surface area contributed by atoms with E-state index in [1.165, 1.54) is 0 Å². The molecule has 0 spiro atoms. The summed E-state index contributed by atoms with van der Waals surface area (Å²) >= 11 is 5.85. The molecule has 0 aliphatic rings. The van der Waals surface area contributed by atoms with Crippen LogP contribution in [0.3, 0.4) is 0 Å². The minimum atomic E-state index is 0.0138. The summed E-state index contributed by atoms with van der Waals surface area (Å²) < 4.78 is 0. The molecule has 2 aromatic carbocycles. The minimum absolute atomic E-state index is 0.0138. The molecule has 0 aliphatic heterocycles. The van der Waals surface area contributed by atoms with E-state index in [4.69, 9.17) is 11.6 Å². The molecule has 3 nitrogen and oxygen atoms in total. The molecule has 0 aromatic heterocycles. The number of rotatable bonds is 5. The summed E-state index contributed by atoms with van der Waals surface area (Å²) in [5.74, 6) is 0.0138. The predicted molar refractivity (Wildman–Crippen MR) is 84.1 cm³/mol. The number of carbonyl (C=O) groups is 1. The van der Waals surface area contributed by atoms with E-state index in [0.717, 1.165) is 22.0 Å². The van der Waals surface area contributed by atoms with Gasteiger partial charge in [-0.25, -0.2) is 0 Å². The average molecular weight is 289 g/mol. The summed E-state index contributed by atoms with van der Waals surface area (Å²) in [6.45, 7) is 2.54. The van der Waals surface area contributed by atoms with Crippen molar-refractivity contribution >= 4 is 28.9 Å². The lowest BCUT2D eigenvalue weighted by molar-refractivity contribution is -0.115. The lowest BCUT2D eigenvalue weighted by atomic mass is 10.2. The van der Waals surface area contributed by atoms with Gasteiger partial charge in [-0.05, 0) is 35.9 Å². The fraction of sp³-hybridized carbons (Fsp3) is 0.188. The lowest BCUT2D eigenvalue weighted by Crippen LogP contribution is -2.09. The van der Waals surface area contributed by atoms with Crippen molar-refractivity contribution in [2.75, 3.05) is 10.6 Å². The van der Waals surface area contributed by atoms with Crippen LogP contribution in [0.2, 0.25) is 5.02 Å². The van der Waals surface area contributed by atoms with Gasteiger partial charge in [-0.3, -0.25) is 4.79 Å². The number of nitrogens with one attached hydrogen (secondary N) is 2. The van der Waals surface area contributed by atoms with Crippen molar-refractivity contribution < 1.29 is 4.79 Å². The summed E-state index contributed by atoms with van der Waals surface area (Å²) in [4.78, 5) is 11.4. The molecule has 0 fully saturated rings. The fourth-order valence-electron chi connectivity index (χ4n) is 1.76. The molecule has 0 saturated carbocycles. The number of hydrogen-bond donors (Lipinski definition) is 2. The van der Waals surface area contributed by atoms with Gasteiger partial charge in [0.05, 0.1) is 0 Å². The summed E-state index contributed by atoms with van der Waals surface area (Å²) in [6.07, 6.45) is 0.475. The maximum absolute atomic E-state index is 11.4. The van der Waals surface area contributed by atoms with Crippen LogP contribution in [0.15, 0.2) is 48.5 Å². The Labute approximate surface area is 124 Å². The van der Waals surface area contributed by atoms with Crippen LogP contribution >= 0.6 is 11.6 Å². The third-order valence-corrected chi connectivity index (χ3v) is 3.13. The number of hydrogen-bond acceptors (Lipinski definition) is 2. The molecule has 0 aliphatic carbocycles. The van der Waals surface area contributed by atoms with Crippen LogP contribution in [0, 0.1) is 0 Å². The first-order chi connectivity index (χ1) is 9.67. The van der Waals surface area contributed by atoms with Gasteiger partial charge in [0.2, 0.25) is 5.91 Å². The van der Waals surface area contributed by atoms with E-state index >= 15 is 0 Å². The highest BCUT2D eigenvalue weighted by atomic mass is 35.5. The van der Waals surface area contributed by atoms with Gasteiger partial charge < -0.3 is 10.6 Å². The molecule has 0 radical (unpaired) electrons. The summed E-state index contributed by atoms with van der Waals surface area (Å²) in [6, 6.07) is 15.4. The number of halogens is 1. The number of anilines is 2. The van der Waals surface area contributed by atoms with Crippen molar-refractivity contribution in [3.8, 4) is 0 Å². The van der Waals surface area contributed by atoms with Crippen LogP contribution in [-0.4, -0.2) is 5.91 Å². The number of amides is 1. The minimum Gasteiger partial charge on any atom is -0.381 e. The van der Waals surface area contributed by atoms with Crippen molar-refractivity contribution in [1.82, 2.24) is 0 Å². The molecular weight excluding hydrogens is 272 g/mol. The van der Waals surface area contributed by atoms with Crippen molar-refractivity contribution in [2.24, 2.45) is 0 Å². The van der Waals surface area contributed by atoms with Crippen LogP contribution in [0.1, 0.15) is 18.9 Å². The summed E-state index contributed by atoms with van der Waals surface area (Å²) in [7, 11) is 0.